The Morgan fingerprint density at radius 3 is 2.72 bits per heavy atom. The second-order valence-electron chi connectivity index (χ2n) is 5.78. The predicted octanol–water partition coefficient (Wildman–Crippen LogP) is 3.42. The smallest absolute Gasteiger partial charge is 0.359 e. The first-order valence-electron chi connectivity index (χ1n) is 7.97. The van der Waals surface area contributed by atoms with Crippen LogP contribution in [0.5, 0.6) is 0 Å². The fourth-order valence-electron chi connectivity index (χ4n) is 2.77. The van der Waals surface area contributed by atoms with Crippen LogP contribution in [0.15, 0.2) is 24.0 Å². The first kappa shape index (κ1) is 18.5. The van der Waals surface area contributed by atoms with Crippen molar-refractivity contribution in [1.29, 1.82) is 0 Å². The van der Waals surface area contributed by atoms with Crippen LogP contribution in [0.4, 0.5) is 0 Å². The highest BCUT2D eigenvalue weighted by Crippen LogP contribution is 2.58. The van der Waals surface area contributed by atoms with E-state index < -0.39 is 13.2 Å². The number of hydrogen-bond donors (Lipinski definition) is 0. The van der Waals surface area contributed by atoms with Crippen LogP contribution >= 0.6 is 19.2 Å². The first-order chi connectivity index (χ1) is 11.9. The highest BCUT2D eigenvalue weighted by molar-refractivity contribution is 7.58. The molecule has 25 heavy (non-hydrogen) atoms. The van der Waals surface area contributed by atoms with Crippen LogP contribution in [0.25, 0.3) is 11.2 Å². The molecular weight excluding hydrogens is 367 g/mol. The largest absolute Gasteiger partial charge is 0.364 e. The lowest BCUT2D eigenvalue weighted by molar-refractivity contribution is 0.0272. The fourth-order valence-corrected chi connectivity index (χ4v) is 4.69. The summed E-state index contributed by atoms with van der Waals surface area (Å²) >= 11 is 6.03. The van der Waals surface area contributed by atoms with E-state index in [1.54, 1.807) is 20.2 Å². The van der Waals surface area contributed by atoms with Gasteiger partial charge in [-0.15, -0.1) is 0 Å². The molecule has 0 spiro atoms. The molecule has 0 bridgehead atoms. The molecule has 0 amide bonds. The van der Waals surface area contributed by atoms with E-state index in [1.165, 1.54) is 6.33 Å². The minimum Gasteiger partial charge on any atom is -0.364 e. The summed E-state index contributed by atoms with van der Waals surface area (Å²) in [7, 11) is -3.33. The fraction of sp³-hybridized carbons (Fsp3) is 0.533. The Hall–Kier alpha value is -1.31. The molecular formula is C15H20ClN4O4P. The molecule has 136 valence electrons. The Kier molecular flexibility index (Phi) is 5.27. The van der Waals surface area contributed by atoms with Crippen LogP contribution in [-0.2, 0) is 24.9 Å². The minimum atomic E-state index is -3.33. The summed E-state index contributed by atoms with van der Waals surface area (Å²) in [4.78, 5) is 12.4. The Bertz CT molecular complexity index is 845. The summed E-state index contributed by atoms with van der Waals surface area (Å²) in [6, 6.07) is 0. The van der Waals surface area contributed by atoms with Crippen molar-refractivity contribution in [2.75, 3.05) is 19.8 Å². The van der Waals surface area contributed by atoms with Crippen molar-refractivity contribution in [1.82, 2.24) is 19.5 Å². The summed E-state index contributed by atoms with van der Waals surface area (Å²) in [5.74, 6) is 0. The molecule has 0 fully saturated rings. The molecule has 10 heteroatoms. The van der Waals surface area contributed by atoms with Crippen molar-refractivity contribution in [2.24, 2.45) is 0 Å². The van der Waals surface area contributed by atoms with E-state index in [9.17, 15) is 4.57 Å². The van der Waals surface area contributed by atoms with E-state index in [0.717, 1.165) is 0 Å². The number of aromatic nitrogens is 4. The van der Waals surface area contributed by atoms with Crippen LogP contribution in [0.3, 0.4) is 0 Å². The summed E-state index contributed by atoms with van der Waals surface area (Å²) in [6.45, 7) is 6.68. The third-order valence-corrected chi connectivity index (χ3v) is 6.25. The number of imidazole rings is 1. The van der Waals surface area contributed by atoms with Crippen molar-refractivity contribution >= 4 is 30.4 Å². The van der Waals surface area contributed by atoms with Gasteiger partial charge in [0, 0.05) is 0 Å². The SMILES string of the molecule is CCOP(=O)(OCC)C1=CC(C)(Cn2cnc3c(Cl)ncnc32)OC1. The zero-order valence-corrected chi connectivity index (χ0v) is 16.0. The quantitative estimate of drug-likeness (QED) is 0.532. The van der Waals surface area contributed by atoms with E-state index in [1.807, 2.05) is 17.6 Å². The van der Waals surface area contributed by atoms with Gasteiger partial charge in [0.1, 0.15) is 17.4 Å². The summed E-state index contributed by atoms with van der Waals surface area (Å²) in [6.07, 6.45) is 4.84. The lowest BCUT2D eigenvalue weighted by Gasteiger charge is -2.22. The van der Waals surface area contributed by atoms with Gasteiger partial charge in [-0.1, -0.05) is 11.6 Å². The topological polar surface area (TPSA) is 88.4 Å². The molecule has 2 aromatic rings. The van der Waals surface area contributed by atoms with Crippen LogP contribution in [0, 0.1) is 0 Å². The Morgan fingerprint density at radius 1 is 1.32 bits per heavy atom. The maximum atomic E-state index is 12.9. The molecule has 0 radical (unpaired) electrons. The average Bonchev–Trinajstić information content (AvgIpc) is 3.14. The van der Waals surface area contributed by atoms with E-state index >= 15 is 0 Å². The van der Waals surface area contributed by atoms with Crippen molar-refractivity contribution in [3.63, 3.8) is 0 Å². The molecule has 1 aliphatic rings. The normalized spacial score (nSPS) is 21.0. The van der Waals surface area contributed by atoms with Crippen LogP contribution in [0.2, 0.25) is 5.15 Å². The van der Waals surface area contributed by atoms with Gasteiger partial charge in [0.2, 0.25) is 0 Å². The van der Waals surface area contributed by atoms with E-state index in [0.29, 0.717) is 41.4 Å². The average molecular weight is 387 g/mol. The molecule has 2 aromatic heterocycles. The predicted molar refractivity (Wildman–Crippen MR) is 93.6 cm³/mol. The first-order valence-corrected chi connectivity index (χ1v) is 9.89. The summed E-state index contributed by atoms with van der Waals surface area (Å²) < 4.78 is 31.4. The lowest BCUT2D eigenvalue weighted by atomic mass is 10.1. The molecule has 1 aliphatic heterocycles. The van der Waals surface area contributed by atoms with Gasteiger partial charge in [-0.05, 0) is 26.8 Å². The molecule has 0 saturated heterocycles. The third kappa shape index (κ3) is 3.64. The maximum absolute atomic E-state index is 12.9. The third-order valence-electron chi connectivity index (χ3n) is 3.81. The molecule has 0 saturated carbocycles. The Balaban J connectivity index is 1.88. The van der Waals surface area contributed by atoms with Gasteiger partial charge in [0.25, 0.3) is 0 Å². The zero-order valence-electron chi connectivity index (χ0n) is 14.3. The van der Waals surface area contributed by atoms with E-state index in [4.69, 9.17) is 25.4 Å². The van der Waals surface area contributed by atoms with Gasteiger partial charge >= 0.3 is 7.60 Å². The summed E-state index contributed by atoms with van der Waals surface area (Å²) in [5, 5.41) is 0.838. The van der Waals surface area contributed by atoms with E-state index in [-0.39, 0.29) is 6.61 Å². The Labute approximate surface area is 150 Å². The monoisotopic (exact) mass is 386 g/mol. The van der Waals surface area contributed by atoms with Crippen molar-refractivity contribution in [3.8, 4) is 0 Å². The van der Waals surface area contributed by atoms with Crippen molar-refractivity contribution < 1.29 is 18.3 Å². The minimum absolute atomic E-state index is 0.191. The van der Waals surface area contributed by atoms with Gasteiger partial charge in [-0.3, -0.25) is 4.57 Å². The molecule has 3 heterocycles. The molecule has 0 aliphatic carbocycles. The zero-order chi connectivity index (χ0) is 18.1. The van der Waals surface area contributed by atoms with Gasteiger partial charge in [-0.25, -0.2) is 15.0 Å². The highest BCUT2D eigenvalue weighted by atomic mass is 35.5. The number of ether oxygens (including phenoxy) is 1. The highest BCUT2D eigenvalue weighted by Gasteiger charge is 2.39. The number of nitrogens with zero attached hydrogens (tertiary/aromatic N) is 4. The van der Waals surface area contributed by atoms with Crippen LogP contribution in [-0.4, -0.2) is 44.9 Å². The number of halogens is 1. The standard InChI is InChI=1S/C15H20ClN4O4P/c1-4-23-25(21,24-5-2)11-6-15(3,22-7-11)8-20-10-19-12-13(16)17-9-18-14(12)20/h6,9-10H,4-5,7-8H2,1-3H3. The van der Waals surface area contributed by atoms with Gasteiger partial charge < -0.3 is 18.4 Å². The van der Waals surface area contributed by atoms with E-state index in [2.05, 4.69) is 15.0 Å². The van der Waals surface area contributed by atoms with Gasteiger partial charge in [0.05, 0.1) is 38.0 Å². The molecule has 0 aromatic carbocycles. The van der Waals surface area contributed by atoms with Gasteiger partial charge in [-0.2, -0.15) is 0 Å². The molecule has 3 rings (SSSR count). The van der Waals surface area contributed by atoms with Crippen LogP contribution in [0.1, 0.15) is 20.8 Å². The number of fused-ring (bicyclic) bond motifs is 1. The molecule has 1 unspecified atom stereocenters. The molecule has 8 nitrogen and oxygen atoms in total. The second-order valence-corrected chi connectivity index (χ2v) is 8.22. The molecule has 0 N–H and O–H groups in total. The van der Waals surface area contributed by atoms with Crippen molar-refractivity contribution in [2.45, 2.75) is 32.9 Å². The Morgan fingerprint density at radius 2 is 2.04 bits per heavy atom. The maximum Gasteiger partial charge on any atom is 0.359 e. The van der Waals surface area contributed by atoms with Crippen molar-refractivity contribution in [3.05, 3.63) is 29.2 Å². The number of rotatable bonds is 7. The van der Waals surface area contributed by atoms with Crippen LogP contribution < -0.4 is 0 Å². The second kappa shape index (κ2) is 7.13. The number of hydrogen-bond acceptors (Lipinski definition) is 7. The molecule has 1 atom stereocenters. The lowest BCUT2D eigenvalue weighted by Crippen LogP contribution is -2.28. The summed E-state index contributed by atoms with van der Waals surface area (Å²) in [5.41, 5.74) is 0.457. The van der Waals surface area contributed by atoms with Gasteiger partial charge in [0.15, 0.2) is 10.8 Å².